The molecule has 1 fully saturated rings. The molecule has 0 radical (unpaired) electrons. The highest BCUT2D eigenvalue weighted by atomic mass is 32.2. The summed E-state index contributed by atoms with van der Waals surface area (Å²) in [5, 5.41) is 0.575. The van der Waals surface area contributed by atoms with Crippen LogP contribution < -0.4 is 14.2 Å². The SMILES string of the molecule is CCOC(=O)C1=C(C)N=C2SCCC(=O)N2[C@H]1c1cc(OC)c(OC)c(OC)c1. The molecule has 0 aliphatic carbocycles. The van der Waals surface area contributed by atoms with Gasteiger partial charge in [-0.05, 0) is 31.5 Å². The van der Waals surface area contributed by atoms with Gasteiger partial charge in [-0.1, -0.05) is 11.8 Å². The van der Waals surface area contributed by atoms with Crippen LogP contribution in [0.4, 0.5) is 0 Å². The summed E-state index contributed by atoms with van der Waals surface area (Å²) in [6.45, 7) is 3.71. The van der Waals surface area contributed by atoms with Gasteiger partial charge in [-0.2, -0.15) is 0 Å². The van der Waals surface area contributed by atoms with Crippen molar-refractivity contribution in [3.63, 3.8) is 0 Å². The van der Waals surface area contributed by atoms with Gasteiger partial charge in [0.05, 0.1) is 45.2 Å². The fraction of sp³-hybridized carbons (Fsp3) is 0.450. The smallest absolute Gasteiger partial charge is 0.338 e. The molecular weight excluding hydrogens is 396 g/mol. The molecule has 29 heavy (non-hydrogen) atoms. The van der Waals surface area contributed by atoms with Crippen LogP contribution in [0.25, 0.3) is 0 Å². The number of rotatable bonds is 6. The lowest BCUT2D eigenvalue weighted by Crippen LogP contribution is -2.45. The van der Waals surface area contributed by atoms with Crippen molar-refractivity contribution in [2.45, 2.75) is 26.3 Å². The first-order valence-corrected chi connectivity index (χ1v) is 10.2. The number of benzene rings is 1. The Morgan fingerprint density at radius 3 is 2.41 bits per heavy atom. The van der Waals surface area contributed by atoms with Crippen LogP contribution >= 0.6 is 11.8 Å². The Balaban J connectivity index is 2.23. The number of hydrogen-bond donors (Lipinski definition) is 0. The van der Waals surface area contributed by atoms with E-state index in [1.54, 1.807) is 30.9 Å². The second-order valence-corrected chi connectivity index (χ2v) is 7.40. The maximum Gasteiger partial charge on any atom is 0.338 e. The Hall–Kier alpha value is -2.68. The number of hydrogen-bond acceptors (Lipinski definition) is 8. The Labute approximate surface area is 173 Å². The predicted octanol–water partition coefficient (Wildman–Crippen LogP) is 2.93. The van der Waals surface area contributed by atoms with Gasteiger partial charge in [0.1, 0.15) is 0 Å². The molecule has 8 nitrogen and oxygen atoms in total. The fourth-order valence-corrected chi connectivity index (χ4v) is 4.45. The average Bonchev–Trinajstić information content (AvgIpc) is 2.71. The second-order valence-electron chi connectivity index (χ2n) is 6.34. The van der Waals surface area contributed by atoms with Gasteiger partial charge >= 0.3 is 5.97 Å². The molecule has 0 saturated carbocycles. The van der Waals surface area contributed by atoms with Gasteiger partial charge in [0.25, 0.3) is 0 Å². The number of esters is 1. The minimum Gasteiger partial charge on any atom is -0.493 e. The normalized spacial score (nSPS) is 18.8. The molecule has 1 amide bonds. The number of fused-ring (bicyclic) bond motifs is 1. The lowest BCUT2D eigenvalue weighted by Gasteiger charge is -2.39. The molecule has 2 aliphatic heterocycles. The molecule has 0 unspecified atom stereocenters. The molecule has 2 aliphatic rings. The van der Waals surface area contributed by atoms with E-state index in [1.807, 2.05) is 0 Å². The largest absolute Gasteiger partial charge is 0.493 e. The third-order valence-corrected chi connectivity index (χ3v) is 5.66. The van der Waals surface area contributed by atoms with Gasteiger partial charge in [0.2, 0.25) is 11.7 Å². The van der Waals surface area contributed by atoms with E-state index in [2.05, 4.69) is 4.99 Å². The number of allylic oxidation sites excluding steroid dienone is 1. The fourth-order valence-electron chi connectivity index (χ4n) is 3.44. The molecule has 0 bridgehead atoms. The van der Waals surface area contributed by atoms with Crippen LogP contribution in [0.5, 0.6) is 17.2 Å². The first-order chi connectivity index (χ1) is 14.0. The van der Waals surface area contributed by atoms with Crippen molar-refractivity contribution >= 4 is 28.8 Å². The molecular formula is C20H24N2O6S. The molecule has 1 aromatic rings. The number of ether oxygens (including phenoxy) is 4. The molecule has 1 atom stereocenters. The van der Waals surface area contributed by atoms with Crippen LogP contribution in [-0.2, 0) is 14.3 Å². The van der Waals surface area contributed by atoms with Crippen LogP contribution in [0.3, 0.4) is 0 Å². The van der Waals surface area contributed by atoms with Gasteiger partial charge < -0.3 is 18.9 Å². The third kappa shape index (κ3) is 3.78. The lowest BCUT2D eigenvalue weighted by atomic mass is 9.93. The van der Waals surface area contributed by atoms with E-state index in [1.165, 1.54) is 33.1 Å². The molecule has 9 heteroatoms. The van der Waals surface area contributed by atoms with Crippen molar-refractivity contribution in [3.05, 3.63) is 29.0 Å². The van der Waals surface area contributed by atoms with Crippen molar-refractivity contribution in [1.82, 2.24) is 4.90 Å². The number of carbonyl (C=O) groups is 2. The van der Waals surface area contributed by atoms with Gasteiger partial charge in [-0.15, -0.1) is 0 Å². The molecule has 156 valence electrons. The Morgan fingerprint density at radius 1 is 1.21 bits per heavy atom. The number of methoxy groups -OCH3 is 3. The van der Waals surface area contributed by atoms with Gasteiger partial charge in [-0.25, -0.2) is 9.79 Å². The summed E-state index contributed by atoms with van der Waals surface area (Å²) >= 11 is 1.49. The lowest BCUT2D eigenvalue weighted by molar-refractivity contribution is -0.139. The topological polar surface area (TPSA) is 86.7 Å². The van der Waals surface area contributed by atoms with Crippen LogP contribution in [0, 0.1) is 0 Å². The van der Waals surface area contributed by atoms with Crippen molar-refractivity contribution < 1.29 is 28.5 Å². The number of thioether (sulfide) groups is 1. The van der Waals surface area contributed by atoms with E-state index in [0.717, 1.165) is 0 Å². The molecule has 1 saturated heterocycles. The Kier molecular flexibility index (Phi) is 6.36. The van der Waals surface area contributed by atoms with Gasteiger partial charge in [0.15, 0.2) is 16.7 Å². The van der Waals surface area contributed by atoms with Crippen LogP contribution in [0.2, 0.25) is 0 Å². The Bertz CT molecular complexity index is 870. The number of amidine groups is 1. The number of amides is 1. The summed E-state index contributed by atoms with van der Waals surface area (Å²) in [6.07, 6.45) is 0.361. The monoisotopic (exact) mass is 420 g/mol. The minimum absolute atomic E-state index is 0.101. The zero-order valence-electron chi connectivity index (χ0n) is 17.1. The predicted molar refractivity (Wildman–Crippen MR) is 110 cm³/mol. The van der Waals surface area contributed by atoms with E-state index in [9.17, 15) is 9.59 Å². The minimum atomic E-state index is -0.699. The third-order valence-electron chi connectivity index (χ3n) is 4.70. The zero-order valence-corrected chi connectivity index (χ0v) is 17.9. The molecule has 1 aromatic carbocycles. The molecule has 0 aromatic heterocycles. The van der Waals surface area contributed by atoms with E-state index in [-0.39, 0.29) is 12.5 Å². The first kappa shape index (κ1) is 21.0. The standard InChI is InChI=1S/C20H24N2O6S/c1-6-28-19(24)16-11(2)21-20-22(15(23)7-8-29-20)17(16)12-9-13(25-3)18(27-5)14(10-12)26-4/h9-10,17H,6-8H2,1-5H3/t17-/m0/s1. The summed E-state index contributed by atoms with van der Waals surface area (Å²) in [4.78, 5) is 31.7. The summed E-state index contributed by atoms with van der Waals surface area (Å²) < 4.78 is 21.6. The highest BCUT2D eigenvalue weighted by Gasteiger charge is 2.42. The highest BCUT2D eigenvalue weighted by molar-refractivity contribution is 8.14. The quantitative estimate of drug-likeness (QED) is 0.654. The van der Waals surface area contributed by atoms with Crippen LogP contribution in [-0.4, -0.2) is 55.6 Å². The summed E-state index contributed by atoms with van der Waals surface area (Å²) in [5.41, 5.74) is 1.49. The maximum atomic E-state index is 12.8. The molecule has 0 N–H and O–H groups in total. The summed E-state index contributed by atoms with van der Waals surface area (Å²) in [7, 11) is 4.55. The number of carbonyl (C=O) groups excluding carboxylic acids is 2. The average molecular weight is 420 g/mol. The van der Waals surface area contributed by atoms with Crippen LogP contribution in [0.1, 0.15) is 31.9 Å². The van der Waals surface area contributed by atoms with E-state index >= 15 is 0 Å². The summed E-state index contributed by atoms with van der Waals surface area (Å²) in [6, 6.07) is 2.79. The van der Waals surface area contributed by atoms with E-state index in [0.29, 0.717) is 51.4 Å². The summed E-state index contributed by atoms with van der Waals surface area (Å²) in [5.74, 6) is 1.34. The van der Waals surface area contributed by atoms with Gasteiger partial charge in [-0.3, -0.25) is 9.69 Å². The number of aliphatic imine (C=N–C) groups is 1. The van der Waals surface area contributed by atoms with E-state index < -0.39 is 12.0 Å². The maximum absolute atomic E-state index is 12.8. The highest BCUT2D eigenvalue weighted by Crippen LogP contribution is 2.45. The van der Waals surface area contributed by atoms with Gasteiger partial charge in [0, 0.05) is 12.2 Å². The van der Waals surface area contributed by atoms with Crippen LogP contribution in [0.15, 0.2) is 28.4 Å². The molecule has 0 spiro atoms. The van der Waals surface area contributed by atoms with Crippen molar-refractivity contribution in [2.75, 3.05) is 33.7 Å². The van der Waals surface area contributed by atoms with Crippen molar-refractivity contribution in [1.29, 1.82) is 0 Å². The van der Waals surface area contributed by atoms with E-state index in [4.69, 9.17) is 18.9 Å². The zero-order chi connectivity index (χ0) is 21.1. The van der Waals surface area contributed by atoms with Crippen molar-refractivity contribution in [3.8, 4) is 17.2 Å². The Morgan fingerprint density at radius 2 is 1.86 bits per heavy atom. The number of nitrogens with zero attached hydrogens (tertiary/aromatic N) is 2. The first-order valence-electron chi connectivity index (χ1n) is 9.18. The molecule has 2 heterocycles. The second kappa shape index (κ2) is 8.77. The molecule has 3 rings (SSSR count). The van der Waals surface area contributed by atoms with Crippen molar-refractivity contribution in [2.24, 2.45) is 4.99 Å².